The largest absolute Gasteiger partial charge is 0.497 e. The summed E-state index contributed by atoms with van der Waals surface area (Å²) in [6.45, 7) is 2.31. The van der Waals surface area contributed by atoms with Crippen LogP contribution in [0.4, 0.5) is 18.9 Å². The zero-order valence-corrected chi connectivity index (χ0v) is 13.8. The van der Waals surface area contributed by atoms with Crippen LogP contribution in [-0.2, 0) is 12.7 Å². The molecular formula is C19H17F3N2O. The minimum absolute atomic E-state index is 0.411. The number of aromatic nitrogens is 1. The maximum absolute atomic E-state index is 12.6. The highest BCUT2D eigenvalue weighted by Gasteiger charge is 2.29. The lowest BCUT2D eigenvalue weighted by Crippen LogP contribution is -2.06. The van der Waals surface area contributed by atoms with Gasteiger partial charge in [0.15, 0.2) is 0 Å². The van der Waals surface area contributed by atoms with Crippen molar-refractivity contribution in [2.24, 2.45) is 0 Å². The number of hydrogen-bond donors (Lipinski definition) is 1. The van der Waals surface area contributed by atoms with Crippen molar-refractivity contribution in [2.75, 3.05) is 12.4 Å². The lowest BCUT2D eigenvalue weighted by molar-refractivity contribution is -0.137. The summed E-state index contributed by atoms with van der Waals surface area (Å²) in [5.74, 6) is 0.718. The maximum Gasteiger partial charge on any atom is 0.416 e. The van der Waals surface area contributed by atoms with E-state index in [1.807, 2.05) is 31.2 Å². The van der Waals surface area contributed by atoms with Crippen LogP contribution in [0.15, 0.2) is 48.5 Å². The molecule has 6 heteroatoms. The van der Waals surface area contributed by atoms with E-state index in [1.165, 1.54) is 12.1 Å². The quantitative estimate of drug-likeness (QED) is 0.706. The van der Waals surface area contributed by atoms with Crippen LogP contribution in [0.3, 0.4) is 0 Å². The summed E-state index contributed by atoms with van der Waals surface area (Å²) in [6.07, 6.45) is -4.32. The van der Waals surface area contributed by atoms with Crippen molar-refractivity contribution >= 4 is 16.6 Å². The van der Waals surface area contributed by atoms with Crippen LogP contribution in [0.5, 0.6) is 5.75 Å². The van der Waals surface area contributed by atoms with Crippen molar-refractivity contribution in [3.63, 3.8) is 0 Å². The molecule has 0 saturated carbocycles. The van der Waals surface area contributed by atoms with E-state index in [2.05, 4.69) is 10.3 Å². The molecule has 0 bridgehead atoms. The summed E-state index contributed by atoms with van der Waals surface area (Å²) in [6, 6.07) is 12.7. The number of halogens is 3. The average Bonchev–Trinajstić information content (AvgIpc) is 2.58. The van der Waals surface area contributed by atoms with Crippen LogP contribution in [0, 0.1) is 6.92 Å². The molecule has 3 rings (SSSR count). The van der Waals surface area contributed by atoms with E-state index in [1.54, 1.807) is 7.11 Å². The molecule has 0 aliphatic carbocycles. The van der Waals surface area contributed by atoms with Gasteiger partial charge in [-0.05, 0) is 48.9 Å². The first kappa shape index (κ1) is 17.1. The Labute approximate surface area is 143 Å². The van der Waals surface area contributed by atoms with Crippen LogP contribution < -0.4 is 10.1 Å². The molecule has 0 aliphatic heterocycles. The Hall–Kier alpha value is -2.76. The third-order valence-corrected chi connectivity index (χ3v) is 3.91. The van der Waals surface area contributed by atoms with E-state index in [-0.39, 0.29) is 0 Å². The van der Waals surface area contributed by atoms with E-state index < -0.39 is 11.7 Å². The Balaban J connectivity index is 1.85. The van der Waals surface area contributed by atoms with Crippen molar-refractivity contribution in [2.45, 2.75) is 19.6 Å². The number of nitrogens with one attached hydrogen (secondary N) is 1. The zero-order valence-electron chi connectivity index (χ0n) is 13.8. The minimum Gasteiger partial charge on any atom is -0.497 e. The predicted molar refractivity (Wildman–Crippen MR) is 91.8 cm³/mol. The summed E-state index contributed by atoms with van der Waals surface area (Å²) >= 11 is 0. The van der Waals surface area contributed by atoms with Crippen LogP contribution in [0.2, 0.25) is 0 Å². The Morgan fingerprint density at radius 3 is 2.40 bits per heavy atom. The fraction of sp³-hybridized carbons (Fsp3) is 0.211. The van der Waals surface area contributed by atoms with E-state index in [0.717, 1.165) is 45.7 Å². The van der Waals surface area contributed by atoms with Gasteiger partial charge in [0.1, 0.15) is 5.75 Å². The molecule has 0 atom stereocenters. The van der Waals surface area contributed by atoms with Crippen LogP contribution in [0.25, 0.3) is 10.9 Å². The molecule has 0 saturated heterocycles. The summed E-state index contributed by atoms with van der Waals surface area (Å²) in [4.78, 5) is 4.48. The second-order valence-electron chi connectivity index (χ2n) is 5.74. The predicted octanol–water partition coefficient (Wildman–Crippen LogP) is 5.18. The van der Waals surface area contributed by atoms with Crippen LogP contribution in [-0.4, -0.2) is 12.1 Å². The number of hydrogen-bond acceptors (Lipinski definition) is 3. The molecule has 1 heterocycles. The van der Waals surface area contributed by atoms with E-state index in [4.69, 9.17) is 4.74 Å². The first-order chi connectivity index (χ1) is 11.9. The SMILES string of the molecule is COc1ccc2nc(C)cc(NCc3ccc(C(F)(F)F)cc3)c2c1. The second kappa shape index (κ2) is 6.63. The normalized spacial score (nSPS) is 11.6. The topological polar surface area (TPSA) is 34.1 Å². The first-order valence-corrected chi connectivity index (χ1v) is 7.72. The van der Waals surface area contributed by atoms with E-state index >= 15 is 0 Å². The van der Waals surface area contributed by atoms with Crippen molar-refractivity contribution < 1.29 is 17.9 Å². The molecule has 0 radical (unpaired) electrons. The molecule has 130 valence electrons. The van der Waals surface area contributed by atoms with E-state index in [9.17, 15) is 13.2 Å². The Morgan fingerprint density at radius 2 is 1.76 bits per heavy atom. The molecule has 3 aromatic rings. The Morgan fingerprint density at radius 1 is 1.04 bits per heavy atom. The zero-order chi connectivity index (χ0) is 18.0. The number of fused-ring (bicyclic) bond motifs is 1. The molecule has 25 heavy (non-hydrogen) atoms. The number of ether oxygens (including phenoxy) is 1. The number of anilines is 1. The molecule has 0 unspecified atom stereocenters. The average molecular weight is 346 g/mol. The van der Waals surface area contributed by atoms with Gasteiger partial charge in [-0.15, -0.1) is 0 Å². The third kappa shape index (κ3) is 3.84. The first-order valence-electron chi connectivity index (χ1n) is 7.72. The summed E-state index contributed by atoms with van der Waals surface area (Å²) in [7, 11) is 1.60. The Kier molecular flexibility index (Phi) is 4.53. The van der Waals surface area contributed by atoms with Gasteiger partial charge in [-0.2, -0.15) is 13.2 Å². The molecule has 0 amide bonds. The van der Waals surface area contributed by atoms with Gasteiger partial charge in [-0.1, -0.05) is 12.1 Å². The number of benzene rings is 2. The molecule has 2 aromatic carbocycles. The van der Waals surface area contributed by atoms with Gasteiger partial charge in [0.2, 0.25) is 0 Å². The number of methoxy groups -OCH3 is 1. The van der Waals surface area contributed by atoms with Gasteiger partial charge in [0, 0.05) is 23.3 Å². The molecule has 0 fully saturated rings. The van der Waals surface area contributed by atoms with Gasteiger partial charge < -0.3 is 10.1 Å². The standard InChI is InChI=1S/C19H17F3N2O/c1-12-9-18(16-10-15(25-2)7-8-17(16)24-12)23-11-13-3-5-14(6-4-13)19(20,21)22/h3-10H,11H2,1-2H3,(H,23,24). The van der Waals surface area contributed by atoms with E-state index in [0.29, 0.717) is 6.54 Å². The molecule has 1 aromatic heterocycles. The van der Waals surface area contributed by atoms with Gasteiger partial charge in [0.25, 0.3) is 0 Å². The Bertz CT molecular complexity index is 890. The number of alkyl halides is 3. The number of aryl methyl sites for hydroxylation is 1. The van der Waals surface area contributed by atoms with Crippen LogP contribution in [0.1, 0.15) is 16.8 Å². The van der Waals surface area contributed by atoms with Gasteiger partial charge >= 0.3 is 6.18 Å². The van der Waals surface area contributed by atoms with Crippen molar-refractivity contribution in [1.82, 2.24) is 4.98 Å². The monoisotopic (exact) mass is 346 g/mol. The highest BCUT2D eigenvalue weighted by Crippen LogP contribution is 2.30. The summed E-state index contributed by atoms with van der Waals surface area (Å²) in [5, 5.41) is 4.18. The molecular weight excluding hydrogens is 329 g/mol. The molecule has 0 spiro atoms. The molecule has 1 N–H and O–H groups in total. The third-order valence-electron chi connectivity index (χ3n) is 3.91. The highest BCUT2D eigenvalue weighted by atomic mass is 19.4. The van der Waals surface area contributed by atoms with Gasteiger partial charge in [0.05, 0.1) is 18.2 Å². The fourth-order valence-electron chi connectivity index (χ4n) is 2.62. The minimum atomic E-state index is -4.32. The number of pyridine rings is 1. The van der Waals surface area contributed by atoms with Crippen molar-refractivity contribution in [3.8, 4) is 5.75 Å². The molecule has 0 aliphatic rings. The van der Waals surface area contributed by atoms with Gasteiger partial charge in [-0.3, -0.25) is 4.98 Å². The van der Waals surface area contributed by atoms with Gasteiger partial charge in [-0.25, -0.2) is 0 Å². The van der Waals surface area contributed by atoms with Crippen molar-refractivity contribution in [3.05, 3.63) is 65.4 Å². The lowest BCUT2D eigenvalue weighted by atomic mass is 10.1. The summed E-state index contributed by atoms with van der Waals surface area (Å²) in [5.41, 5.74) is 2.66. The fourth-order valence-corrected chi connectivity index (χ4v) is 2.62. The second-order valence-corrected chi connectivity index (χ2v) is 5.74. The smallest absolute Gasteiger partial charge is 0.416 e. The lowest BCUT2D eigenvalue weighted by Gasteiger charge is -2.13. The molecule has 3 nitrogen and oxygen atoms in total. The van der Waals surface area contributed by atoms with Crippen LogP contribution >= 0.6 is 0 Å². The highest BCUT2D eigenvalue weighted by molar-refractivity contribution is 5.92. The van der Waals surface area contributed by atoms with Crippen molar-refractivity contribution in [1.29, 1.82) is 0 Å². The number of nitrogens with zero attached hydrogens (tertiary/aromatic N) is 1. The summed E-state index contributed by atoms with van der Waals surface area (Å²) < 4.78 is 43.1. The number of rotatable bonds is 4. The maximum atomic E-state index is 12.6.